The maximum Gasteiger partial charge on any atom is 0.326 e. The van der Waals surface area contributed by atoms with Gasteiger partial charge in [0.1, 0.15) is 6.04 Å². The minimum absolute atomic E-state index is 0.0666. The summed E-state index contributed by atoms with van der Waals surface area (Å²) in [6.45, 7) is 0.274. The molecule has 21 heavy (non-hydrogen) atoms. The Morgan fingerprint density at radius 1 is 1.43 bits per heavy atom. The summed E-state index contributed by atoms with van der Waals surface area (Å²) in [6, 6.07) is -0.852. The van der Waals surface area contributed by atoms with Crippen LogP contribution in [0.1, 0.15) is 12.8 Å². The zero-order valence-electron chi connectivity index (χ0n) is 11.7. The number of amides is 1. The molecule has 1 amide bonds. The van der Waals surface area contributed by atoms with Gasteiger partial charge in [-0.3, -0.25) is 4.79 Å². The van der Waals surface area contributed by atoms with E-state index in [1.807, 2.05) is 0 Å². The van der Waals surface area contributed by atoms with Crippen LogP contribution in [0.25, 0.3) is 0 Å². The van der Waals surface area contributed by atoms with Crippen LogP contribution in [-0.4, -0.2) is 78.6 Å². The molecule has 7 nitrogen and oxygen atoms in total. The smallest absolute Gasteiger partial charge is 0.326 e. The number of carboxylic acid groups (broad SMARTS) is 1. The van der Waals surface area contributed by atoms with Gasteiger partial charge >= 0.3 is 5.97 Å². The summed E-state index contributed by atoms with van der Waals surface area (Å²) >= 11 is 1.30. The van der Waals surface area contributed by atoms with Crippen molar-refractivity contribution < 1.29 is 27.9 Å². The molecule has 9 heteroatoms. The van der Waals surface area contributed by atoms with Crippen LogP contribution in [0.2, 0.25) is 0 Å². The molecule has 0 saturated carbocycles. The van der Waals surface area contributed by atoms with Crippen molar-refractivity contribution in [3.8, 4) is 0 Å². The predicted octanol–water partition coefficient (Wildman–Crippen LogP) is -0.393. The highest BCUT2D eigenvalue weighted by Gasteiger charge is 2.40. The van der Waals surface area contributed by atoms with E-state index in [1.54, 1.807) is 0 Å². The molecule has 2 heterocycles. The van der Waals surface area contributed by atoms with Crippen molar-refractivity contribution in [1.29, 1.82) is 0 Å². The topological polar surface area (TPSA) is 101 Å². The van der Waals surface area contributed by atoms with Crippen molar-refractivity contribution in [3.63, 3.8) is 0 Å². The van der Waals surface area contributed by atoms with E-state index in [0.717, 1.165) is 0 Å². The molecule has 2 rings (SSSR count). The highest BCUT2D eigenvalue weighted by molar-refractivity contribution is 8.02. The molecule has 3 atom stereocenters. The number of hydrogen-bond donors (Lipinski definition) is 1. The van der Waals surface area contributed by atoms with Gasteiger partial charge in [-0.15, -0.1) is 11.8 Å². The summed E-state index contributed by atoms with van der Waals surface area (Å²) in [7, 11) is -1.46. The molecule has 2 saturated heterocycles. The van der Waals surface area contributed by atoms with Crippen LogP contribution >= 0.6 is 11.8 Å². The summed E-state index contributed by atoms with van der Waals surface area (Å²) in [5.41, 5.74) is 0. The van der Waals surface area contributed by atoms with Gasteiger partial charge in [0.2, 0.25) is 5.91 Å². The van der Waals surface area contributed by atoms with Crippen molar-refractivity contribution in [2.45, 2.75) is 30.2 Å². The number of carbonyl (C=O) groups excluding carboxylic acids is 1. The lowest BCUT2D eigenvalue weighted by molar-refractivity contribution is -0.147. The third-order valence-electron chi connectivity index (χ3n) is 3.83. The summed E-state index contributed by atoms with van der Waals surface area (Å²) < 4.78 is 27.9. The number of carboxylic acids is 1. The van der Waals surface area contributed by atoms with Gasteiger partial charge in [-0.05, 0) is 6.42 Å². The number of ether oxygens (including phenoxy) is 1. The Labute approximate surface area is 127 Å². The second kappa shape index (κ2) is 6.53. The average Bonchev–Trinajstić information content (AvgIpc) is 2.99. The van der Waals surface area contributed by atoms with E-state index >= 15 is 0 Å². The number of methoxy groups -OCH3 is 1. The Kier molecular flexibility index (Phi) is 5.15. The van der Waals surface area contributed by atoms with E-state index in [0.29, 0.717) is 12.8 Å². The van der Waals surface area contributed by atoms with E-state index in [2.05, 4.69) is 0 Å². The van der Waals surface area contributed by atoms with Gasteiger partial charge in [0.05, 0.1) is 23.4 Å². The fourth-order valence-corrected chi connectivity index (χ4v) is 6.17. The molecule has 0 bridgehead atoms. The zero-order valence-corrected chi connectivity index (χ0v) is 13.4. The van der Waals surface area contributed by atoms with E-state index in [4.69, 9.17) is 9.84 Å². The third-order valence-corrected chi connectivity index (χ3v) is 7.10. The van der Waals surface area contributed by atoms with Crippen molar-refractivity contribution >= 4 is 33.5 Å². The quantitative estimate of drug-likeness (QED) is 0.729. The van der Waals surface area contributed by atoms with Crippen LogP contribution < -0.4 is 0 Å². The molecule has 2 aliphatic rings. The third kappa shape index (κ3) is 4.10. The fourth-order valence-electron chi connectivity index (χ4n) is 2.64. The van der Waals surface area contributed by atoms with Crippen LogP contribution in [0.15, 0.2) is 0 Å². The number of thioether (sulfide) groups is 1. The SMILES string of the molecule is COC1CC(C(=O)O)N(C(=O)CSC2CCS(=O)(=O)C2)C1. The van der Waals surface area contributed by atoms with E-state index in [1.165, 1.54) is 23.8 Å². The second-order valence-corrected chi connectivity index (χ2v) is 8.85. The first kappa shape index (κ1) is 16.6. The molecular formula is C12H19NO6S2. The molecule has 0 aromatic carbocycles. The molecule has 0 aromatic heterocycles. The molecule has 120 valence electrons. The lowest BCUT2D eigenvalue weighted by Gasteiger charge is -2.21. The van der Waals surface area contributed by atoms with E-state index < -0.39 is 21.8 Å². The Morgan fingerprint density at radius 2 is 2.14 bits per heavy atom. The first-order valence-corrected chi connectivity index (χ1v) is 9.56. The van der Waals surface area contributed by atoms with Gasteiger partial charge in [0.25, 0.3) is 0 Å². The molecule has 0 aromatic rings. The normalized spacial score (nSPS) is 31.5. The van der Waals surface area contributed by atoms with Crippen molar-refractivity contribution in [1.82, 2.24) is 4.90 Å². The summed E-state index contributed by atoms with van der Waals surface area (Å²) in [6.07, 6.45) is 0.593. The first-order chi connectivity index (χ1) is 9.82. The van der Waals surface area contributed by atoms with Crippen LogP contribution in [-0.2, 0) is 24.2 Å². The minimum Gasteiger partial charge on any atom is -0.480 e. The van der Waals surface area contributed by atoms with Crippen LogP contribution in [0.3, 0.4) is 0 Å². The molecule has 0 aliphatic carbocycles. The van der Waals surface area contributed by atoms with Crippen molar-refractivity contribution in [3.05, 3.63) is 0 Å². The Bertz CT molecular complexity index is 520. The minimum atomic E-state index is -2.96. The van der Waals surface area contributed by atoms with E-state index in [9.17, 15) is 18.0 Å². The number of hydrogen-bond acceptors (Lipinski definition) is 6. The van der Waals surface area contributed by atoms with Gasteiger partial charge in [-0.25, -0.2) is 13.2 Å². The molecule has 1 N–H and O–H groups in total. The summed E-state index contributed by atoms with van der Waals surface area (Å²) in [5, 5.41) is 9.09. The number of rotatable bonds is 5. The second-order valence-electron chi connectivity index (χ2n) is 5.33. The van der Waals surface area contributed by atoms with Gasteiger partial charge < -0.3 is 14.7 Å². The predicted molar refractivity (Wildman–Crippen MR) is 78.1 cm³/mol. The number of carbonyl (C=O) groups is 2. The molecule has 2 fully saturated rings. The van der Waals surface area contributed by atoms with Crippen molar-refractivity contribution in [2.75, 3.05) is 30.9 Å². The number of likely N-dealkylation sites (tertiary alicyclic amines) is 1. The van der Waals surface area contributed by atoms with Gasteiger partial charge in [-0.2, -0.15) is 0 Å². The molecular weight excluding hydrogens is 318 g/mol. The number of sulfone groups is 1. The van der Waals surface area contributed by atoms with Gasteiger partial charge in [0, 0.05) is 25.3 Å². The molecule has 3 unspecified atom stereocenters. The lowest BCUT2D eigenvalue weighted by atomic mass is 10.2. The molecule has 2 aliphatic heterocycles. The maximum atomic E-state index is 12.2. The van der Waals surface area contributed by atoms with Crippen LogP contribution in [0, 0.1) is 0 Å². The largest absolute Gasteiger partial charge is 0.480 e. The first-order valence-electron chi connectivity index (χ1n) is 6.69. The van der Waals surface area contributed by atoms with E-state index in [-0.39, 0.29) is 41.1 Å². The lowest BCUT2D eigenvalue weighted by Crippen LogP contribution is -2.41. The molecule has 0 radical (unpaired) electrons. The zero-order chi connectivity index (χ0) is 15.6. The highest BCUT2D eigenvalue weighted by Crippen LogP contribution is 2.26. The average molecular weight is 337 g/mol. The fraction of sp³-hybridized carbons (Fsp3) is 0.833. The van der Waals surface area contributed by atoms with Gasteiger partial charge in [-0.1, -0.05) is 0 Å². The number of nitrogens with zero attached hydrogens (tertiary/aromatic N) is 1. The van der Waals surface area contributed by atoms with Crippen LogP contribution in [0.4, 0.5) is 0 Å². The number of aliphatic carboxylic acids is 1. The van der Waals surface area contributed by atoms with Gasteiger partial charge in [0.15, 0.2) is 9.84 Å². The summed E-state index contributed by atoms with van der Waals surface area (Å²) in [4.78, 5) is 24.7. The van der Waals surface area contributed by atoms with Crippen LogP contribution in [0.5, 0.6) is 0 Å². The maximum absolute atomic E-state index is 12.2. The van der Waals surface area contributed by atoms with Crippen molar-refractivity contribution in [2.24, 2.45) is 0 Å². The highest BCUT2D eigenvalue weighted by atomic mass is 32.2. The Morgan fingerprint density at radius 3 is 2.67 bits per heavy atom. The Balaban J connectivity index is 1.89. The standard InChI is InChI=1S/C12H19NO6S2/c1-19-8-4-10(12(15)16)13(5-8)11(14)6-20-9-2-3-21(17,18)7-9/h8-10H,2-7H2,1H3,(H,15,16). The Hall–Kier alpha value is -0.800. The molecule has 0 spiro atoms. The summed E-state index contributed by atoms with van der Waals surface area (Å²) in [5.74, 6) is -0.909. The monoisotopic (exact) mass is 337 g/mol.